The van der Waals surface area contributed by atoms with E-state index >= 15 is 0 Å². The molecular weight excluding hydrogens is 547 g/mol. The molecule has 0 aliphatic rings. The first-order valence-electron chi connectivity index (χ1n) is 12.2. The highest BCUT2D eigenvalue weighted by molar-refractivity contribution is 7.53. The average Bonchev–Trinajstić information content (AvgIpc) is 2.87. The predicted octanol–water partition coefficient (Wildman–Crippen LogP) is 5.49. The zero-order valence-corrected chi connectivity index (χ0v) is 23.6. The van der Waals surface area contributed by atoms with Crippen molar-refractivity contribution in [3.05, 3.63) is 64.7 Å². The van der Waals surface area contributed by atoms with Crippen molar-refractivity contribution >= 4 is 30.8 Å². The molecule has 1 aromatic carbocycles. The van der Waals surface area contributed by atoms with Crippen molar-refractivity contribution in [1.82, 2.24) is 9.55 Å². The van der Waals surface area contributed by atoms with Crippen molar-refractivity contribution in [3.63, 3.8) is 0 Å². The van der Waals surface area contributed by atoms with Crippen LogP contribution in [0.1, 0.15) is 33.3 Å². The number of aromatic nitrogens is 2. The fourth-order valence-corrected chi connectivity index (χ4v) is 4.54. The third-order valence-corrected chi connectivity index (χ3v) is 6.73. The molecule has 216 valence electrons. The molecule has 40 heavy (non-hydrogen) atoms. The molecule has 0 bridgehead atoms. The van der Waals surface area contributed by atoms with Crippen LogP contribution in [0.25, 0.3) is 10.9 Å². The monoisotopic (exact) mass is 578 g/mol. The molecule has 0 amide bonds. The van der Waals surface area contributed by atoms with Gasteiger partial charge in [-0.2, -0.15) is 0 Å². The molecule has 2 aromatic heterocycles. The second-order valence-corrected chi connectivity index (χ2v) is 11.0. The smallest absolute Gasteiger partial charge is 0.457 e. The maximum Gasteiger partial charge on any atom is 0.510 e. The van der Waals surface area contributed by atoms with Gasteiger partial charge in [0.05, 0.1) is 23.8 Å². The molecule has 3 aromatic rings. The van der Waals surface area contributed by atoms with E-state index in [1.54, 1.807) is 77.3 Å². The Bertz CT molecular complexity index is 1390. The fourth-order valence-electron chi connectivity index (χ4n) is 3.20. The normalized spacial score (nSPS) is 11.5. The van der Waals surface area contributed by atoms with E-state index in [2.05, 4.69) is 4.98 Å². The van der Waals surface area contributed by atoms with Crippen molar-refractivity contribution in [3.8, 4) is 11.5 Å². The number of pyridine rings is 2. The number of rotatable bonds is 12. The molecule has 14 heteroatoms. The van der Waals surface area contributed by atoms with E-state index in [4.69, 9.17) is 32.7 Å². The lowest BCUT2D eigenvalue weighted by Crippen LogP contribution is -2.16. The van der Waals surface area contributed by atoms with Crippen LogP contribution in [0, 0.1) is 0 Å². The lowest BCUT2D eigenvalue weighted by molar-refractivity contribution is -0.0304. The Kier molecular flexibility index (Phi) is 10.7. The van der Waals surface area contributed by atoms with Crippen LogP contribution < -0.4 is 10.3 Å². The Balaban J connectivity index is 1.69. The zero-order valence-electron chi connectivity index (χ0n) is 22.7. The number of fused-ring (bicyclic) bond motifs is 1. The summed E-state index contributed by atoms with van der Waals surface area (Å²) in [6.45, 7) is 5.08. The Labute approximate surface area is 230 Å². The molecule has 0 unspecified atom stereocenters. The van der Waals surface area contributed by atoms with Crippen LogP contribution >= 0.6 is 7.60 Å². The molecule has 3 rings (SSSR count). The number of carbonyl (C=O) groups is 2. The molecule has 0 aliphatic heterocycles. The third kappa shape index (κ3) is 9.08. The molecule has 0 N–H and O–H groups in total. The molecule has 2 heterocycles. The van der Waals surface area contributed by atoms with Gasteiger partial charge in [0.25, 0.3) is 5.56 Å². The van der Waals surface area contributed by atoms with Crippen LogP contribution in [0.2, 0.25) is 0 Å². The van der Waals surface area contributed by atoms with Crippen LogP contribution in [-0.2, 0) is 45.8 Å². The van der Waals surface area contributed by atoms with E-state index in [9.17, 15) is 18.9 Å². The molecule has 0 spiro atoms. The van der Waals surface area contributed by atoms with Gasteiger partial charge in [0.1, 0.15) is 17.0 Å². The summed E-state index contributed by atoms with van der Waals surface area (Å²) >= 11 is 0. The second kappa shape index (κ2) is 13.9. The molecular formula is C26H31N2O11P. The molecule has 13 nitrogen and oxygen atoms in total. The van der Waals surface area contributed by atoms with Gasteiger partial charge in [0, 0.05) is 19.4 Å². The van der Waals surface area contributed by atoms with Crippen LogP contribution in [-0.4, -0.2) is 47.7 Å². The number of hydrogen-bond acceptors (Lipinski definition) is 12. The molecule has 0 atom stereocenters. The minimum absolute atomic E-state index is 0.253. The largest absolute Gasteiger partial charge is 0.510 e. The minimum atomic E-state index is -4.00. The SMILES string of the molecule is CC(C)OC(=O)OCOP(=O)(Cc1ccc(Oc2ccnc3c(=O)n(C)ccc23)cc1)OCOC(=O)OC(C)C. The highest BCUT2D eigenvalue weighted by Crippen LogP contribution is 2.51. The van der Waals surface area contributed by atoms with Crippen LogP contribution in [0.3, 0.4) is 0 Å². The van der Waals surface area contributed by atoms with Gasteiger partial charge in [-0.1, -0.05) is 12.1 Å². The summed E-state index contributed by atoms with van der Waals surface area (Å²) in [6, 6.07) is 9.87. The minimum Gasteiger partial charge on any atom is -0.457 e. The van der Waals surface area contributed by atoms with E-state index in [1.165, 1.54) is 10.8 Å². The maximum atomic E-state index is 13.4. The summed E-state index contributed by atoms with van der Waals surface area (Å²) in [5, 5.41) is 0.549. The van der Waals surface area contributed by atoms with E-state index < -0.39 is 45.7 Å². The van der Waals surface area contributed by atoms with Crippen LogP contribution in [0.5, 0.6) is 11.5 Å². The van der Waals surface area contributed by atoms with Crippen molar-refractivity contribution < 1.29 is 46.9 Å². The van der Waals surface area contributed by atoms with E-state index in [0.717, 1.165) is 0 Å². The van der Waals surface area contributed by atoms with Gasteiger partial charge in [0.2, 0.25) is 13.6 Å². The van der Waals surface area contributed by atoms with E-state index in [-0.39, 0.29) is 17.2 Å². The summed E-state index contributed by atoms with van der Waals surface area (Å²) in [6.07, 6.45) is -0.0246. The first kappa shape index (κ1) is 30.6. The number of aryl methyl sites for hydroxylation is 1. The number of hydrogen-bond donors (Lipinski definition) is 0. The molecule has 0 fully saturated rings. The molecule has 0 saturated carbocycles. The van der Waals surface area contributed by atoms with Crippen LogP contribution in [0.15, 0.2) is 53.6 Å². The number of carbonyl (C=O) groups excluding carboxylic acids is 2. The first-order chi connectivity index (χ1) is 19.0. The van der Waals surface area contributed by atoms with Gasteiger partial charge < -0.3 is 28.3 Å². The highest BCUT2D eigenvalue weighted by atomic mass is 31.2. The zero-order chi connectivity index (χ0) is 29.3. The maximum absolute atomic E-state index is 13.4. The number of ether oxygens (including phenoxy) is 5. The lowest BCUT2D eigenvalue weighted by Gasteiger charge is -2.19. The van der Waals surface area contributed by atoms with Gasteiger partial charge in [-0.05, 0) is 57.5 Å². The van der Waals surface area contributed by atoms with E-state index in [1.807, 2.05) is 0 Å². The van der Waals surface area contributed by atoms with Gasteiger partial charge >= 0.3 is 19.9 Å². The second-order valence-electron chi connectivity index (χ2n) is 8.93. The number of nitrogens with zero attached hydrogens (tertiary/aromatic N) is 2. The molecule has 0 saturated heterocycles. The molecule has 0 radical (unpaired) electrons. The number of benzene rings is 1. The third-order valence-electron chi connectivity index (χ3n) is 4.98. The predicted molar refractivity (Wildman–Crippen MR) is 142 cm³/mol. The van der Waals surface area contributed by atoms with Crippen molar-refractivity contribution in [1.29, 1.82) is 0 Å². The highest BCUT2D eigenvalue weighted by Gasteiger charge is 2.28. The van der Waals surface area contributed by atoms with Gasteiger partial charge in [0.15, 0.2) is 0 Å². The summed E-state index contributed by atoms with van der Waals surface area (Å²) in [5.41, 5.74) is 0.531. The van der Waals surface area contributed by atoms with Crippen LogP contribution in [0.4, 0.5) is 9.59 Å². The van der Waals surface area contributed by atoms with Crippen molar-refractivity contribution in [2.24, 2.45) is 7.05 Å². The first-order valence-corrected chi connectivity index (χ1v) is 13.9. The molecule has 0 aliphatic carbocycles. The lowest BCUT2D eigenvalue weighted by atomic mass is 10.2. The Morgan fingerprint density at radius 3 is 2.02 bits per heavy atom. The summed E-state index contributed by atoms with van der Waals surface area (Å²) in [4.78, 5) is 39.8. The van der Waals surface area contributed by atoms with Gasteiger partial charge in [-0.15, -0.1) is 0 Å². The van der Waals surface area contributed by atoms with Gasteiger partial charge in [-0.25, -0.2) is 9.59 Å². The summed E-state index contributed by atoms with van der Waals surface area (Å²) in [7, 11) is -2.36. The quantitative estimate of drug-likeness (QED) is 0.152. The summed E-state index contributed by atoms with van der Waals surface area (Å²) < 4.78 is 50.5. The van der Waals surface area contributed by atoms with Crippen molar-refractivity contribution in [2.45, 2.75) is 46.1 Å². The fraction of sp³-hybridized carbons (Fsp3) is 0.385. The average molecular weight is 579 g/mol. The van der Waals surface area contributed by atoms with E-state index in [0.29, 0.717) is 22.4 Å². The Morgan fingerprint density at radius 1 is 0.900 bits per heavy atom. The van der Waals surface area contributed by atoms with Crippen molar-refractivity contribution in [2.75, 3.05) is 13.6 Å². The Hall–Kier alpha value is -3.93. The van der Waals surface area contributed by atoms with Gasteiger partial charge in [-0.3, -0.25) is 23.4 Å². The Morgan fingerprint density at radius 2 is 1.48 bits per heavy atom. The topological polar surface area (TPSA) is 151 Å². The summed E-state index contributed by atoms with van der Waals surface area (Å²) in [5.74, 6) is 0.872. The standard InChI is InChI=1S/C26H31N2O11P/c1-17(2)37-25(30)33-15-35-40(32,36-16-34-26(31)38-18(3)4)14-19-6-8-20(9-7-19)39-22-10-12-27-23-21(22)11-13-28(5)24(23)29/h6-13,17-18H,14-16H2,1-5H3.